The second kappa shape index (κ2) is 7.68. The minimum atomic E-state index is -0.593. The number of hydrogen-bond acceptors (Lipinski definition) is 6. The number of amides is 1. The van der Waals surface area contributed by atoms with E-state index in [2.05, 4.69) is 15.5 Å². The van der Waals surface area contributed by atoms with Gasteiger partial charge in [0.05, 0.1) is 36.7 Å². The SMILES string of the molecule is CCn1cc(Cn2cc(NC(=O)c3ccc(OC)c([N+](=O)[O-])c3)cn2)cn1. The third-order valence-electron chi connectivity index (χ3n) is 3.88. The number of aromatic nitrogens is 4. The van der Waals surface area contributed by atoms with Gasteiger partial charge in [0.2, 0.25) is 0 Å². The van der Waals surface area contributed by atoms with E-state index in [0.29, 0.717) is 12.2 Å². The lowest BCUT2D eigenvalue weighted by molar-refractivity contribution is -0.385. The van der Waals surface area contributed by atoms with Crippen LogP contribution in [0.2, 0.25) is 0 Å². The smallest absolute Gasteiger partial charge is 0.311 e. The molecule has 0 fully saturated rings. The van der Waals surface area contributed by atoms with E-state index in [1.54, 1.807) is 17.1 Å². The monoisotopic (exact) mass is 370 g/mol. The zero-order valence-electron chi connectivity index (χ0n) is 14.8. The van der Waals surface area contributed by atoms with Gasteiger partial charge in [-0.3, -0.25) is 24.3 Å². The summed E-state index contributed by atoms with van der Waals surface area (Å²) < 4.78 is 8.42. The largest absolute Gasteiger partial charge is 0.490 e. The number of nitro benzene ring substituents is 1. The molecule has 0 bridgehead atoms. The van der Waals surface area contributed by atoms with E-state index < -0.39 is 10.8 Å². The number of carbonyl (C=O) groups is 1. The van der Waals surface area contributed by atoms with Gasteiger partial charge in [0, 0.05) is 36.1 Å². The number of nitro groups is 1. The number of carbonyl (C=O) groups excluding carboxylic acids is 1. The molecule has 1 amide bonds. The number of nitrogens with one attached hydrogen (secondary N) is 1. The quantitative estimate of drug-likeness (QED) is 0.504. The van der Waals surface area contributed by atoms with E-state index in [4.69, 9.17) is 4.74 Å². The van der Waals surface area contributed by atoms with Gasteiger partial charge in [-0.05, 0) is 19.1 Å². The maximum atomic E-state index is 12.4. The van der Waals surface area contributed by atoms with Crippen molar-refractivity contribution in [1.29, 1.82) is 0 Å². The fourth-order valence-electron chi connectivity index (χ4n) is 2.54. The van der Waals surface area contributed by atoms with Crippen LogP contribution in [0.5, 0.6) is 5.75 Å². The first-order valence-corrected chi connectivity index (χ1v) is 8.17. The molecule has 0 radical (unpaired) electrons. The summed E-state index contributed by atoms with van der Waals surface area (Å²) in [4.78, 5) is 22.9. The van der Waals surface area contributed by atoms with Crippen LogP contribution < -0.4 is 10.1 Å². The van der Waals surface area contributed by atoms with Gasteiger partial charge in [-0.15, -0.1) is 0 Å². The molecule has 2 aromatic heterocycles. The Morgan fingerprint density at radius 2 is 2.04 bits per heavy atom. The molecule has 1 N–H and O–H groups in total. The molecule has 0 unspecified atom stereocenters. The second-order valence-electron chi connectivity index (χ2n) is 5.73. The molecular formula is C17H18N6O4. The van der Waals surface area contributed by atoms with Crippen LogP contribution in [0.3, 0.4) is 0 Å². The summed E-state index contributed by atoms with van der Waals surface area (Å²) in [6, 6.07) is 4.03. The second-order valence-corrected chi connectivity index (χ2v) is 5.73. The predicted octanol–water partition coefficient (Wildman–Crippen LogP) is 2.32. The standard InChI is InChI=1S/C17H18N6O4/c1-3-21-9-12(7-18-21)10-22-11-14(8-19-22)20-17(24)13-4-5-16(27-2)15(6-13)23(25)26/h4-9,11H,3,10H2,1-2H3,(H,20,24). The normalized spacial score (nSPS) is 10.6. The zero-order valence-corrected chi connectivity index (χ0v) is 14.8. The number of ether oxygens (including phenoxy) is 1. The lowest BCUT2D eigenvalue weighted by Gasteiger charge is -2.05. The van der Waals surface area contributed by atoms with E-state index in [0.717, 1.165) is 12.1 Å². The van der Waals surface area contributed by atoms with Crippen molar-refractivity contribution in [3.8, 4) is 5.75 Å². The fraction of sp³-hybridized carbons (Fsp3) is 0.235. The Bertz CT molecular complexity index is 977. The average Bonchev–Trinajstić information content (AvgIpc) is 3.30. The Balaban J connectivity index is 1.70. The highest BCUT2D eigenvalue weighted by atomic mass is 16.6. The van der Waals surface area contributed by atoms with Crippen molar-refractivity contribution >= 4 is 17.3 Å². The molecule has 0 aliphatic heterocycles. The molecule has 10 heteroatoms. The predicted molar refractivity (Wildman–Crippen MR) is 96.8 cm³/mol. The fourth-order valence-corrected chi connectivity index (χ4v) is 2.54. The average molecular weight is 370 g/mol. The van der Waals surface area contributed by atoms with Gasteiger partial charge >= 0.3 is 5.69 Å². The molecule has 0 aliphatic carbocycles. The summed E-state index contributed by atoms with van der Waals surface area (Å²) in [5.41, 5.74) is 1.36. The number of aryl methyl sites for hydroxylation is 1. The number of hydrogen-bond donors (Lipinski definition) is 1. The summed E-state index contributed by atoms with van der Waals surface area (Å²) in [5.74, 6) is -0.379. The number of nitrogens with zero attached hydrogens (tertiary/aromatic N) is 5. The van der Waals surface area contributed by atoms with E-state index in [1.807, 2.05) is 17.8 Å². The number of benzene rings is 1. The lowest BCUT2D eigenvalue weighted by atomic mass is 10.1. The topological polar surface area (TPSA) is 117 Å². The molecular weight excluding hydrogens is 352 g/mol. The van der Waals surface area contributed by atoms with Crippen molar-refractivity contribution in [2.45, 2.75) is 20.0 Å². The zero-order chi connectivity index (χ0) is 19.4. The van der Waals surface area contributed by atoms with Crippen molar-refractivity contribution in [2.24, 2.45) is 0 Å². The first kappa shape index (κ1) is 18.1. The highest BCUT2D eigenvalue weighted by Gasteiger charge is 2.18. The maximum absolute atomic E-state index is 12.4. The summed E-state index contributed by atoms with van der Waals surface area (Å²) in [6.45, 7) is 3.31. The van der Waals surface area contributed by atoms with Crippen LogP contribution in [-0.4, -0.2) is 37.5 Å². The first-order valence-electron chi connectivity index (χ1n) is 8.17. The number of methoxy groups -OCH3 is 1. The Kier molecular flexibility index (Phi) is 5.15. The van der Waals surface area contributed by atoms with Gasteiger partial charge in [-0.25, -0.2) is 0 Å². The van der Waals surface area contributed by atoms with E-state index >= 15 is 0 Å². The molecule has 3 aromatic rings. The molecule has 0 saturated heterocycles. The van der Waals surface area contributed by atoms with Crippen LogP contribution in [0.1, 0.15) is 22.8 Å². The molecule has 2 heterocycles. The minimum Gasteiger partial charge on any atom is -0.490 e. The van der Waals surface area contributed by atoms with Gasteiger partial charge in [-0.2, -0.15) is 10.2 Å². The number of anilines is 1. The Morgan fingerprint density at radius 1 is 1.26 bits per heavy atom. The molecule has 1 aromatic carbocycles. The van der Waals surface area contributed by atoms with Crippen molar-refractivity contribution in [3.63, 3.8) is 0 Å². The Morgan fingerprint density at radius 3 is 2.70 bits per heavy atom. The lowest BCUT2D eigenvalue weighted by Crippen LogP contribution is -2.12. The molecule has 10 nitrogen and oxygen atoms in total. The van der Waals surface area contributed by atoms with Crippen LogP contribution in [-0.2, 0) is 13.1 Å². The first-order chi connectivity index (χ1) is 13.0. The van der Waals surface area contributed by atoms with Crippen LogP contribution in [0.25, 0.3) is 0 Å². The van der Waals surface area contributed by atoms with Crippen molar-refractivity contribution < 1.29 is 14.5 Å². The van der Waals surface area contributed by atoms with Gasteiger partial charge < -0.3 is 10.1 Å². The van der Waals surface area contributed by atoms with Crippen molar-refractivity contribution in [1.82, 2.24) is 19.6 Å². The molecule has 0 saturated carbocycles. The van der Waals surface area contributed by atoms with Gasteiger partial charge in [-0.1, -0.05) is 0 Å². The van der Waals surface area contributed by atoms with E-state index in [-0.39, 0.29) is 17.0 Å². The third kappa shape index (κ3) is 4.11. The maximum Gasteiger partial charge on any atom is 0.311 e. The van der Waals surface area contributed by atoms with Crippen LogP contribution in [0.15, 0.2) is 43.0 Å². The molecule has 27 heavy (non-hydrogen) atoms. The van der Waals surface area contributed by atoms with Gasteiger partial charge in [0.15, 0.2) is 5.75 Å². The molecule has 3 rings (SSSR count). The molecule has 0 atom stereocenters. The van der Waals surface area contributed by atoms with Crippen LogP contribution in [0, 0.1) is 10.1 Å². The van der Waals surface area contributed by atoms with Crippen molar-refractivity contribution in [2.75, 3.05) is 12.4 Å². The summed E-state index contributed by atoms with van der Waals surface area (Å²) >= 11 is 0. The third-order valence-corrected chi connectivity index (χ3v) is 3.88. The van der Waals surface area contributed by atoms with Crippen molar-refractivity contribution in [3.05, 3.63) is 64.2 Å². The highest BCUT2D eigenvalue weighted by Crippen LogP contribution is 2.27. The van der Waals surface area contributed by atoms with E-state index in [1.165, 1.54) is 31.5 Å². The molecule has 140 valence electrons. The van der Waals surface area contributed by atoms with Crippen LogP contribution in [0.4, 0.5) is 11.4 Å². The van der Waals surface area contributed by atoms with Crippen LogP contribution >= 0.6 is 0 Å². The minimum absolute atomic E-state index is 0.0944. The van der Waals surface area contributed by atoms with Gasteiger partial charge in [0.25, 0.3) is 5.91 Å². The highest BCUT2D eigenvalue weighted by molar-refractivity contribution is 6.04. The Hall–Kier alpha value is -3.69. The van der Waals surface area contributed by atoms with Gasteiger partial charge in [0.1, 0.15) is 0 Å². The Labute approximate surface area is 154 Å². The summed E-state index contributed by atoms with van der Waals surface area (Å²) in [5, 5.41) is 22.2. The van der Waals surface area contributed by atoms with E-state index in [9.17, 15) is 14.9 Å². The molecule has 0 spiro atoms. The number of rotatable bonds is 7. The molecule has 0 aliphatic rings. The summed E-state index contributed by atoms with van der Waals surface area (Å²) in [7, 11) is 1.33. The summed E-state index contributed by atoms with van der Waals surface area (Å²) in [6.07, 6.45) is 6.88.